The number of halogens is 2. The largest absolute Gasteiger partial charge is 0.361 e. The molecule has 0 aliphatic carbocycles. The molecule has 0 saturated heterocycles. The van der Waals surface area contributed by atoms with Crippen LogP contribution in [-0.2, 0) is 6.42 Å². The summed E-state index contributed by atoms with van der Waals surface area (Å²) in [4.78, 5) is 12.1. The quantitative estimate of drug-likeness (QED) is 0.943. The summed E-state index contributed by atoms with van der Waals surface area (Å²) in [6.07, 6.45) is 0.0631. The predicted octanol–water partition coefficient (Wildman–Crippen LogP) is 2.93. The standard InChI is InChI=1S/C15H16F2N2O2/c1-8(7-11-12(16)5-4-6-13(11)17)18-15(20)14-9(2)19-21-10(14)3/h4-6,8H,7H2,1-3H3,(H,18,20)/t8-/m0/s1. The minimum Gasteiger partial charge on any atom is -0.361 e. The van der Waals surface area contributed by atoms with Crippen LogP contribution in [0, 0.1) is 25.5 Å². The molecule has 1 aromatic carbocycles. The Morgan fingerprint density at radius 2 is 1.95 bits per heavy atom. The van der Waals surface area contributed by atoms with E-state index in [0.717, 1.165) is 0 Å². The molecule has 0 aliphatic rings. The number of rotatable bonds is 4. The molecular formula is C15H16F2N2O2. The average molecular weight is 294 g/mol. The van der Waals surface area contributed by atoms with E-state index in [1.54, 1.807) is 20.8 Å². The van der Waals surface area contributed by atoms with Gasteiger partial charge in [-0.25, -0.2) is 8.78 Å². The molecule has 21 heavy (non-hydrogen) atoms. The SMILES string of the molecule is Cc1noc(C)c1C(=O)N[C@@H](C)Cc1c(F)cccc1F. The van der Waals surface area contributed by atoms with Gasteiger partial charge < -0.3 is 9.84 Å². The summed E-state index contributed by atoms with van der Waals surface area (Å²) in [5.41, 5.74) is 0.800. The molecule has 0 bridgehead atoms. The molecule has 112 valence electrons. The number of aromatic nitrogens is 1. The first-order chi connectivity index (χ1) is 9.90. The molecule has 1 atom stereocenters. The first-order valence-electron chi connectivity index (χ1n) is 6.56. The summed E-state index contributed by atoms with van der Waals surface area (Å²) in [5, 5.41) is 6.40. The van der Waals surface area contributed by atoms with Crippen molar-refractivity contribution in [3.05, 3.63) is 52.4 Å². The van der Waals surface area contributed by atoms with Crippen LogP contribution in [0.1, 0.15) is 34.3 Å². The van der Waals surface area contributed by atoms with Crippen molar-refractivity contribution in [1.82, 2.24) is 10.5 Å². The third kappa shape index (κ3) is 3.26. The van der Waals surface area contributed by atoms with Gasteiger partial charge in [0.25, 0.3) is 5.91 Å². The van der Waals surface area contributed by atoms with Crippen LogP contribution in [0.2, 0.25) is 0 Å². The number of carbonyl (C=O) groups excluding carboxylic acids is 1. The highest BCUT2D eigenvalue weighted by molar-refractivity contribution is 5.96. The van der Waals surface area contributed by atoms with Gasteiger partial charge in [-0.1, -0.05) is 11.2 Å². The van der Waals surface area contributed by atoms with E-state index >= 15 is 0 Å². The van der Waals surface area contributed by atoms with Gasteiger partial charge in [0.2, 0.25) is 0 Å². The first kappa shape index (κ1) is 15.2. The van der Waals surface area contributed by atoms with Gasteiger partial charge >= 0.3 is 0 Å². The molecular weight excluding hydrogens is 278 g/mol. The molecule has 0 spiro atoms. The third-order valence-corrected chi connectivity index (χ3v) is 3.21. The van der Waals surface area contributed by atoms with Gasteiger partial charge in [-0.05, 0) is 39.3 Å². The van der Waals surface area contributed by atoms with Crippen molar-refractivity contribution in [3.8, 4) is 0 Å². The van der Waals surface area contributed by atoms with Crippen molar-refractivity contribution >= 4 is 5.91 Å². The maximum Gasteiger partial charge on any atom is 0.257 e. The second-order valence-electron chi connectivity index (χ2n) is 4.98. The Morgan fingerprint density at radius 1 is 1.33 bits per heavy atom. The second kappa shape index (κ2) is 6.03. The summed E-state index contributed by atoms with van der Waals surface area (Å²) in [5.74, 6) is -1.19. The normalized spacial score (nSPS) is 12.2. The highest BCUT2D eigenvalue weighted by Gasteiger charge is 2.20. The van der Waals surface area contributed by atoms with E-state index in [4.69, 9.17) is 4.52 Å². The maximum absolute atomic E-state index is 13.6. The van der Waals surface area contributed by atoms with Gasteiger partial charge in [0.05, 0.1) is 5.69 Å². The molecule has 0 saturated carbocycles. The molecule has 1 N–H and O–H groups in total. The highest BCUT2D eigenvalue weighted by Crippen LogP contribution is 2.16. The molecule has 0 fully saturated rings. The van der Waals surface area contributed by atoms with Crippen LogP contribution in [0.3, 0.4) is 0 Å². The molecule has 0 unspecified atom stereocenters. The Hall–Kier alpha value is -2.24. The van der Waals surface area contributed by atoms with Gasteiger partial charge in [0.1, 0.15) is 23.0 Å². The van der Waals surface area contributed by atoms with E-state index in [9.17, 15) is 13.6 Å². The van der Waals surface area contributed by atoms with E-state index in [1.165, 1.54) is 18.2 Å². The van der Waals surface area contributed by atoms with E-state index in [1.807, 2.05) is 0 Å². The number of benzene rings is 1. The Kier molecular flexibility index (Phi) is 4.35. The van der Waals surface area contributed by atoms with Crippen molar-refractivity contribution < 1.29 is 18.1 Å². The van der Waals surface area contributed by atoms with Gasteiger partial charge in [-0.15, -0.1) is 0 Å². The monoisotopic (exact) mass is 294 g/mol. The molecule has 0 radical (unpaired) electrons. The van der Waals surface area contributed by atoms with E-state index < -0.39 is 17.7 Å². The lowest BCUT2D eigenvalue weighted by Gasteiger charge is -2.14. The number of hydrogen-bond donors (Lipinski definition) is 1. The maximum atomic E-state index is 13.6. The summed E-state index contributed by atoms with van der Waals surface area (Å²) in [6, 6.07) is 3.27. The first-order valence-corrected chi connectivity index (χ1v) is 6.56. The molecule has 0 aliphatic heterocycles. The topological polar surface area (TPSA) is 55.1 Å². The Morgan fingerprint density at radius 3 is 2.48 bits per heavy atom. The average Bonchev–Trinajstić information content (AvgIpc) is 2.73. The Bertz CT molecular complexity index is 628. The fourth-order valence-corrected chi connectivity index (χ4v) is 2.19. The van der Waals surface area contributed by atoms with Crippen molar-refractivity contribution in [1.29, 1.82) is 0 Å². The van der Waals surface area contributed by atoms with Crippen molar-refractivity contribution in [3.63, 3.8) is 0 Å². The van der Waals surface area contributed by atoms with Crippen LogP contribution in [0.5, 0.6) is 0 Å². The predicted molar refractivity (Wildman–Crippen MR) is 73.0 cm³/mol. The van der Waals surface area contributed by atoms with Crippen molar-refractivity contribution in [2.75, 3.05) is 0 Å². The third-order valence-electron chi connectivity index (χ3n) is 3.21. The lowest BCUT2D eigenvalue weighted by Crippen LogP contribution is -2.35. The molecule has 1 heterocycles. The van der Waals surface area contributed by atoms with Crippen LogP contribution in [0.25, 0.3) is 0 Å². The second-order valence-corrected chi connectivity index (χ2v) is 4.98. The molecule has 6 heteroatoms. The summed E-state index contributed by atoms with van der Waals surface area (Å²) in [7, 11) is 0. The van der Waals surface area contributed by atoms with Gasteiger partial charge in [-0.3, -0.25) is 4.79 Å². The smallest absolute Gasteiger partial charge is 0.257 e. The number of amides is 1. The van der Waals surface area contributed by atoms with E-state index in [-0.39, 0.29) is 17.9 Å². The van der Waals surface area contributed by atoms with Crippen molar-refractivity contribution in [2.45, 2.75) is 33.2 Å². The summed E-state index contributed by atoms with van der Waals surface area (Å²) >= 11 is 0. The number of carbonyl (C=O) groups is 1. The number of nitrogens with zero attached hydrogens (tertiary/aromatic N) is 1. The zero-order valence-electron chi connectivity index (χ0n) is 12.0. The molecule has 4 nitrogen and oxygen atoms in total. The number of nitrogens with one attached hydrogen (secondary N) is 1. The fraction of sp³-hybridized carbons (Fsp3) is 0.333. The lowest BCUT2D eigenvalue weighted by molar-refractivity contribution is 0.0937. The van der Waals surface area contributed by atoms with Crippen LogP contribution >= 0.6 is 0 Å². The van der Waals surface area contributed by atoms with Gasteiger partial charge in [0, 0.05) is 11.6 Å². The Labute approximate surface area is 121 Å². The minimum absolute atomic E-state index is 0.0379. The van der Waals surface area contributed by atoms with Crippen molar-refractivity contribution in [2.24, 2.45) is 0 Å². The zero-order chi connectivity index (χ0) is 15.6. The minimum atomic E-state index is -0.617. The molecule has 1 amide bonds. The van der Waals surface area contributed by atoms with Crippen LogP contribution < -0.4 is 5.32 Å². The van der Waals surface area contributed by atoms with E-state index in [2.05, 4.69) is 10.5 Å². The van der Waals surface area contributed by atoms with E-state index in [0.29, 0.717) is 17.0 Å². The Balaban J connectivity index is 2.09. The molecule has 2 aromatic rings. The molecule has 1 aromatic heterocycles. The zero-order valence-corrected chi connectivity index (χ0v) is 12.0. The van der Waals surface area contributed by atoms with Gasteiger partial charge in [0.15, 0.2) is 0 Å². The van der Waals surface area contributed by atoms with Gasteiger partial charge in [-0.2, -0.15) is 0 Å². The molecule has 2 rings (SSSR count). The number of hydrogen-bond acceptors (Lipinski definition) is 3. The number of aryl methyl sites for hydroxylation is 2. The lowest BCUT2D eigenvalue weighted by atomic mass is 10.1. The van der Waals surface area contributed by atoms with Crippen LogP contribution in [0.4, 0.5) is 8.78 Å². The van der Waals surface area contributed by atoms with Crippen LogP contribution in [-0.4, -0.2) is 17.1 Å². The summed E-state index contributed by atoms with van der Waals surface area (Å²) in [6.45, 7) is 4.98. The highest BCUT2D eigenvalue weighted by atomic mass is 19.1. The fourth-order valence-electron chi connectivity index (χ4n) is 2.19. The van der Waals surface area contributed by atoms with Crippen LogP contribution in [0.15, 0.2) is 22.7 Å². The summed E-state index contributed by atoms with van der Waals surface area (Å²) < 4.78 is 32.1.